The molecule has 5 aliphatic heterocycles. The highest BCUT2D eigenvalue weighted by atomic mass is 19.1. The van der Waals surface area contributed by atoms with Gasteiger partial charge in [-0.3, -0.25) is 44.1 Å². The van der Waals surface area contributed by atoms with E-state index >= 15 is 0 Å². The van der Waals surface area contributed by atoms with Crippen LogP contribution in [-0.4, -0.2) is 125 Å². The first-order chi connectivity index (χ1) is 34.0. The second-order valence-corrected chi connectivity index (χ2v) is 19.5. The molecule has 70 heavy (non-hydrogen) atoms. The molecule has 3 aromatic carbocycles. The fourth-order valence-corrected chi connectivity index (χ4v) is 11.0. The Kier molecular flexibility index (Phi) is 12.0. The van der Waals surface area contributed by atoms with Crippen LogP contribution in [0.1, 0.15) is 60.9 Å². The Balaban J connectivity index is 0.639. The van der Waals surface area contributed by atoms with E-state index < -0.39 is 29.1 Å². The summed E-state index contributed by atoms with van der Waals surface area (Å²) < 4.78 is 25.7. The summed E-state index contributed by atoms with van der Waals surface area (Å²) in [7, 11) is 1.69. The normalized spacial score (nSPS) is 22.0. The van der Waals surface area contributed by atoms with Crippen LogP contribution < -0.4 is 35.6 Å². The summed E-state index contributed by atoms with van der Waals surface area (Å²) in [4.78, 5) is 81.9. The molecule has 0 spiro atoms. The van der Waals surface area contributed by atoms with Crippen LogP contribution in [0.4, 0.5) is 27.3 Å². The lowest BCUT2D eigenvalue weighted by molar-refractivity contribution is -0.137. The molecule has 5 amide bonds. The lowest BCUT2D eigenvalue weighted by Crippen LogP contribution is -2.52. The van der Waals surface area contributed by atoms with Gasteiger partial charge >= 0.3 is 0 Å². The minimum Gasteiger partial charge on any atom is -0.495 e. The number of fused-ring (bicyclic) bond motifs is 4. The standard InChI is InChI=1S/C52H55FN10O7/c1-69-45-24-39-41(54-17-12-44(39)70-38-8-6-35(7-9-38)58-51(68)52(15-16-52)50(67)57-34-4-2-33(53)3-5-34)25-43(45)60-19-13-31(14-20-60)27-62-30-36-23-37(62)29-61(36)21-18-55-46-22-32-28-63(49(66)40(32)26-56-46)42-10-11-47(64)59-48(42)65/h2-9,12,17,22,24-26,31,36-37,42H,10-11,13-16,18-21,23,27-30H2,1H3,(H,55,56)(H,57,67)(H,58,68)(H,59,64,65)/t36-,37-,42?/m0/s1. The summed E-state index contributed by atoms with van der Waals surface area (Å²) in [6, 6.07) is 20.7. The Morgan fingerprint density at radius 2 is 1.57 bits per heavy atom. The SMILES string of the molecule is COc1cc2c(Oc3ccc(NC(=O)C4(C(=O)Nc5ccc(F)cc5)CC4)cc3)ccnc2cc1N1CCC(CN2C[C@@H]3C[C@H]2CN3CCNc2cc3c(cn2)C(=O)N(C2CCC(=O)NC2=O)C3)CC1. The molecule has 4 saturated heterocycles. The van der Waals surface area contributed by atoms with Crippen LogP contribution in [0, 0.1) is 17.2 Å². The van der Waals surface area contributed by atoms with E-state index in [2.05, 4.69) is 47.0 Å². The van der Waals surface area contributed by atoms with Crippen molar-refractivity contribution in [2.45, 2.75) is 69.6 Å². The zero-order valence-electron chi connectivity index (χ0n) is 38.9. The largest absolute Gasteiger partial charge is 0.495 e. The molecule has 7 heterocycles. The molecule has 1 unspecified atom stereocenters. The van der Waals surface area contributed by atoms with Crippen LogP contribution in [0.2, 0.25) is 0 Å². The van der Waals surface area contributed by atoms with Crippen LogP contribution in [0.5, 0.6) is 17.2 Å². The van der Waals surface area contributed by atoms with E-state index in [1.54, 1.807) is 48.7 Å². The zero-order chi connectivity index (χ0) is 48.1. The molecule has 17 nitrogen and oxygen atoms in total. The highest BCUT2D eigenvalue weighted by molar-refractivity contribution is 6.17. The van der Waals surface area contributed by atoms with Gasteiger partial charge in [-0.15, -0.1) is 0 Å². The Morgan fingerprint density at radius 1 is 0.857 bits per heavy atom. The number of aromatic nitrogens is 2. The van der Waals surface area contributed by atoms with E-state index in [1.807, 2.05) is 18.2 Å². The second-order valence-electron chi connectivity index (χ2n) is 19.5. The molecule has 3 atom stereocenters. The van der Waals surface area contributed by atoms with E-state index in [9.17, 15) is 28.4 Å². The Labute approximate surface area is 404 Å². The zero-order valence-corrected chi connectivity index (χ0v) is 38.9. The maximum atomic E-state index is 13.3. The molecular formula is C52H55FN10O7. The van der Waals surface area contributed by atoms with Crippen molar-refractivity contribution in [2.24, 2.45) is 11.3 Å². The summed E-state index contributed by atoms with van der Waals surface area (Å²) in [6.45, 7) is 7.06. The monoisotopic (exact) mass is 950 g/mol. The van der Waals surface area contributed by atoms with Gasteiger partial charge in [0, 0.05) is 100 Å². The van der Waals surface area contributed by atoms with Crippen LogP contribution in [0.25, 0.3) is 10.9 Å². The van der Waals surface area contributed by atoms with E-state index in [4.69, 9.17) is 14.5 Å². The van der Waals surface area contributed by atoms with Crippen LogP contribution in [0.15, 0.2) is 85.2 Å². The quantitative estimate of drug-likeness (QED) is 0.0732. The number of carbonyl (C=O) groups excluding carboxylic acids is 5. The van der Waals surface area contributed by atoms with E-state index in [1.165, 1.54) is 30.7 Å². The molecule has 1 saturated carbocycles. The first-order valence-electron chi connectivity index (χ1n) is 24.2. The molecule has 4 N–H and O–H groups in total. The number of carbonyl (C=O) groups is 5. The number of benzene rings is 3. The number of methoxy groups -OCH3 is 1. The van der Waals surface area contributed by atoms with E-state index in [0.29, 0.717) is 78.1 Å². The number of likely N-dealkylation sites (tertiary alicyclic amines) is 2. The number of nitrogens with zero attached hydrogens (tertiary/aromatic N) is 6. The summed E-state index contributed by atoms with van der Waals surface area (Å²) in [5.41, 5.74) is 2.95. The van der Waals surface area contributed by atoms with Crippen molar-refractivity contribution >= 4 is 63.3 Å². The molecule has 5 aromatic rings. The molecule has 362 valence electrons. The Morgan fingerprint density at radius 3 is 2.26 bits per heavy atom. The fraction of sp³-hybridized carbons (Fsp3) is 0.404. The van der Waals surface area contributed by atoms with Gasteiger partial charge in [-0.25, -0.2) is 9.37 Å². The van der Waals surface area contributed by atoms with Crippen molar-refractivity contribution in [3.8, 4) is 17.2 Å². The third kappa shape index (κ3) is 8.96. The number of piperidine rings is 2. The summed E-state index contributed by atoms with van der Waals surface area (Å²) in [6.07, 6.45) is 8.11. The van der Waals surface area contributed by atoms with Crippen molar-refractivity contribution in [3.05, 3.63) is 102 Å². The van der Waals surface area contributed by atoms with Gasteiger partial charge in [-0.1, -0.05) is 0 Å². The molecule has 2 aromatic heterocycles. The predicted molar refractivity (Wildman–Crippen MR) is 259 cm³/mol. The van der Waals surface area contributed by atoms with Gasteiger partial charge in [0.05, 0.1) is 23.9 Å². The Hall–Kier alpha value is -7.18. The van der Waals surface area contributed by atoms with Crippen molar-refractivity contribution in [3.63, 3.8) is 0 Å². The van der Waals surface area contributed by atoms with Gasteiger partial charge in [0.15, 0.2) is 0 Å². The van der Waals surface area contributed by atoms with Crippen LogP contribution >= 0.6 is 0 Å². The number of hydrogen-bond acceptors (Lipinski definition) is 13. The van der Waals surface area contributed by atoms with Gasteiger partial charge in [0.1, 0.15) is 40.3 Å². The van der Waals surface area contributed by atoms with E-state index in [0.717, 1.165) is 86.6 Å². The number of halogens is 1. The number of amides is 5. The van der Waals surface area contributed by atoms with Crippen LogP contribution in [0.3, 0.4) is 0 Å². The predicted octanol–water partition coefficient (Wildman–Crippen LogP) is 5.78. The number of imide groups is 1. The van der Waals surface area contributed by atoms with Crippen molar-refractivity contribution in [2.75, 3.05) is 73.8 Å². The molecular weight excluding hydrogens is 896 g/mol. The smallest absolute Gasteiger partial charge is 0.256 e. The lowest BCUT2D eigenvalue weighted by Gasteiger charge is -2.39. The third-order valence-corrected chi connectivity index (χ3v) is 15.1. The van der Waals surface area contributed by atoms with Crippen molar-refractivity contribution in [1.29, 1.82) is 0 Å². The molecule has 5 fully saturated rings. The van der Waals surface area contributed by atoms with Gasteiger partial charge in [0.25, 0.3) is 5.91 Å². The lowest BCUT2D eigenvalue weighted by atomic mass is 9.95. The van der Waals surface area contributed by atoms with Gasteiger partial charge in [-0.2, -0.15) is 0 Å². The highest BCUT2D eigenvalue weighted by Gasteiger charge is 2.56. The minimum atomic E-state index is -1.17. The number of rotatable bonds is 15. The number of hydrogen-bond donors (Lipinski definition) is 4. The van der Waals surface area contributed by atoms with Crippen molar-refractivity contribution in [1.82, 2.24) is 30.0 Å². The number of anilines is 4. The van der Waals surface area contributed by atoms with Crippen molar-refractivity contribution < 1.29 is 37.8 Å². The average Bonchev–Trinajstić information content (AvgIpc) is 3.83. The number of ether oxygens (including phenoxy) is 2. The topological polar surface area (TPSA) is 191 Å². The maximum Gasteiger partial charge on any atom is 0.256 e. The molecule has 0 radical (unpaired) electrons. The number of nitrogens with one attached hydrogen (secondary N) is 4. The molecule has 11 rings (SSSR count). The fourth-order valence-electron chi connectivity index (χ4n) is 11.0. The first kappa shape index (κ1) is 45.3. The third-order valence-electron chi connectivity index (χ3n) is 15.1. The maximum absolute atomic E-state index is 13.3. The van der Waals surface area contributed by atoms with Gasteiger partial charge in [0.2, 0.25) is 23.6 Å². The first-order valence-corrected chi connectivity index (χ1v) is 24.2. The summed E-state index contributed by atoms with van der Waals surface area (Å²) in [5, 5.41) is 12.2. The number of piperazine rings is 1. The average molecular weight is 951 g/mol. The molecule has 2 bridgehead atoms. The molecule has 1 aliphatic carbocycles. The minimum absolute atomic E-state index is 0.218. The van der Waals surface area contributed by atoms with Gasteiger partial charge < -0.3 is 35.2 Å². The highest BCUT2D eigenvalue weighted by Crippen LogP contribution is 2.48. The van der Waals surface area contributed by atoms with Gasteiger partial charge in [-0.05, 0) is 123 Å². The number of pyridine rings is 2. The Bertz CT molecular complexity index is 2870. The molecule has 6 aliphatic rings. The van der Waals surface area contributed by atoms with Crippen LogP contribution in [-0.2, 0) is 25.7 Å². The second kappa shape index (κ2) is 18.6. The van der Waals surface area contributed by atoms with E-state index in [-0.39, 0.29) is 24.1 Å². The summed E-state index contributed by atoms with van der Waals surface area (Å²) >= 11 is 0. The molecule has 18 heteroatoms. The summed E-state index contributed by atoms with van der Waals surface area (Å²) in [5.74, 6) is 1.12.